The van der Waals surface area contributed by atoms with Crippen LogP contribution in [0.1, 0.15) is 56.9 Å². The molecule has 0 fully saturated rings. The molecule has 3 aromatic rings. The Labute approximate surface area is 191 Å². The molecule has 0 saturated heterocycles. The summed E-state index contributed by atoms with van der Waals surface area (Å²) in [6.07, 6.45) is 13.6. The van der Waals surface area contributed by atoms with Crippen LogP contribution in [0.4, 0.5) is 0 Å². The maximum absolute atomic E-state index is 11.1. The van der Waals surface area contributed by atoms with Crippen LogP contribution in [0.5, 0.6) is 5.75 Å². The van der Waals surface area contributed by atoms with E-state index in [0.29, 0.717) is 5.56 Å². The van der Waals surface area contributed by atoms with Gasteiger partial charge in [-0.2, -0.15) is 5.26 Å². The number of pyridine rings is 1. The Balaban J connectivity index is 1.20. The SMILES string of the molecule is N#Cc1ccc(-c2ccc(OCCCCCCCCCCn3ccc(=O)cc3)cc2)cc1. The van der Waals surface area contributed by atoms with E-state index in [1.807, 2.05) is 48.8 Å². The summed E-state index contributed by atoms with van der Waals surface area (Å²) >= 11 is 0. The fraction of sp³-hybridized carbons (Fsp3) is 0.357. The van der Waals surface area contributed by atoms with Gasteiger partial charge in [-0.05, 0) is 48.2 Å². The van der Waals surface area contributed by atoms with Crippen molar-refractivity contribution in [3.05, 3.63) is 88.8 Å². The first kappa shape index (κ1) is 23.3. The van der Waals surface area contributed by atoms with Crippen LogP contribution in [0.15, 0.2) is 77.9 Å². The predicted molar refractivity (Wildman–Crippen MR) is 130 cm³/mol. The fourth-order valence-corrected chi connectivity index (χ4v) is 3.72. The minimum absolute atomic E-state index is 0.0734. The number of aromatic nitrogens is 1. The normalized spacial score (nSPS) is 10.6. The average molecular weight is 429 g/mol. The van der Waals surface area contributed by atoms with Gasteiger partial charge in [-0.15, -0.1) is 0 Å². The first-order valence-electron chi connectivity index (χ1n) is 11.6. The second-order valence-electron chi connectivity index (χ2n) is 8.16. The van der Waals surface area contributed by atoms with Gasteiger partial charge in [-0.3, -0.25) is 4.79 Å². The molecule has 0 saturated carbocycles. The van der Waals surface area contributed by atoms with Gasteiger partial charge in [-0.1, -0.05) is 62.8 Å². The lowest BCUT2D eigenvalue weighted by Gasteiger charge is -2.08. The summed E-state index contributed by atoms with van der Waals surface area (Å²) in [7, 11) is 0. The summed E-state index contributed by atoms with van der Waals surface area (Å²) in [6.45, 7) is 1.75. The Bertz CT molecular complexity index is 1010. The molecule has 0 N–H and O–H groups in total. The zero-order valence-electron chi connectivity index (χ0n) is 18.7. The minimum atomic E-state index is 0.0734. The molecule has 0 spiro atoms. The first-order valence-corrected chi connectivity index (χ1v) is 11.6. The van der Waals surface area contributed by atoms with E-state index >= 15 is 0 Å². The van der Waals surface area contributed by atoms with Gasteiger partial charge in [0.1, 0.15) is 5.75 Å². The van der Waals surface area contributed by atoms with Crippen molar-refractivity contribution in [1.82, 2.24) is 4.57 Å². The quantitative estimate of drug-likeness (QED) is 0.289. The number of hydrogen-bond acceptors (Lipinski definition) is 3. The average Bonchev–Trinajstić information content (AvgIpc) is 2.84. The van der Waals surface area contributed by atoms with Gasteiger partial charge in [-0.25, -0.2) is 0 Å². The van der Waals surface area contributed by atoms with E-state index in [4.69, 9.17) is 10.00 Å². The van der Waals surface area contributed by atoms with Gasteiger partial charge in [0.15, 0.2) is 5.43 Å². The van der Waals surface area contributed by atoms with Gasteiger partial charge in [0.2, 0.25) is 0 Å². The Kier molecular flexibility index (Phi) is 9.61. The van der Waals surface area contributed by atoms with Crippen molar-refractivity contribution < 1.29 is 4.74 Å². The molecule has 1 heterocycles. The maximum atomic E-state index is 11.1. The van der Waals surface area contributed by atoms with Crippen molar-refractivity contribution >= 4 is 0 Å². The van der Waals surface area contributed by atoms with E-state index in [-0.39, 0.29) is 5.43 Å². The maximum Gasteiger partial charge on any atom is 0.181 e. The van der Waals surface area contributed by atoms with E-state index in [0.717, 1.165) is 36.4 Å². The number of benzene rings is 2. The molecule has 0 aliphatic carbocycles. The van der Waals surface area contributed by atoms with E-state index in [2.05, 4.69) is 22.8 Å². The zero-order valence-corrected chi connectivity index (χ0v) is 18.7. The molecule has 0 aliphatic heterocycles. The van der Waals surface area contributed by atoms with E-state index in [1.165, 1.54) is 44.9 Å². The Morgan fingerprint density at radius 1 is 0.688 bits per heavy atom. The number of nitrogens with zero attached hydrogens (tertiary/aromatic N) is 2. The van der Waals surface area contributed by atoms with Crippen molar-refractivity contribution in [2.24, 2.45) is 0 Å². The lowest BCUT2D eigenvalue weighted by atomic mass is 10.0. The van der Waals surface area contributed by atoms with Gasteiger partial charge >= 0.3 is 0 Å². The van der Waals surface area contributed by atoms with Crippen LogP contribution in [0.25, 0.3) is 11.1 Å². The van der Waals surface area contributed by atoms with Crippen molar-refractivity contribution in [2.45, 2.75) is 57.9 Å². The second-order valence-corrected chi connectivity index (χ2v) is 8.16. The number of hydrogen-bond donors (Lipinski definition) is 0. The van der Waals surface area contributed by atoms with Crippen LogP contribution in [0.2, 0.25) is 0 Å². The molecule has 4 heteroatoms. The molecule has 3 rings (SSSR count). The molecule has 0 aliphatic rings. The van der Waals surface area contributed by atoms with Crippen molar-refractivity contribution in [3.63, 3.8) is 0 Å². The highest BCUT2D eigenvalue weighted by molar-refractivity contribution is 5.64. The van der Waals surface area contributed by atoms with Gasteiger partial charge < -0.3 is 9.30 Å². The highest BCUT2D eigenvalue weighted by atomic mass is 16.5. The third-order valence-corrected chi connectivity index (χ3v) is 5.64. The molecule has 2 aromatic carbocycles. The van der Waals surface area contributed by atoms with Gasteiger partial charge in [0.05, 0.1) is 18.2 Å². The predicted octanol–water partition coefficient (Wildman–Crippen LogP) is 6.59. The number of nitriles is 1. The smallest absolute Gasteiger partial charge is 0.181 e. The highest BCUT2D eigenvalue weighted by Gasteiger charge is 2.00. The zero-order chi connectivity index (χ0) is 22.4. The molecule has 0 bridgehead atoms. The van der Waals surface area contributed by atoms with E-state index in [9.17, 15) is 4.79 Å². The second kappa shape index (κ2) is 13.2. The number of rotatable bonds is 13. The van der Waals surface area contributed by atoms with Crippen LogP contribution in [-0.2, 0) is 6.54 Å². The lowest BCUT2D eigenvalue weighted by Crippen LogP contribution is -2.03. The molecule has 0 unspecified atom stereocenters. The largest absolute Gasteiger partial charge is 0.494 e. The number of unbranched alkanes of at least 4 members (excludes halogenated alkanes) is 7. The first-order chi connectivity index (χ1) is 15.7. The van der Waals surface area contributed by atoms with Crippen LogP contribution in [0.3, 0.4) is 0 Å². The van der Waals surface area contributed by atoms with E-state index in [1.54, 1.807) is 12.1 Å². The van der Waals surface area contributed by atoms with Crippen molar-refractivity contribution in [2.75, 3.05) is 6.61 Å². The number of aryl methyl sites for hydroxylation is 1. The van der Waals surface area contributed by atoms with Crippen LogP contribution >= 0.6 is 0 Å². The van der Waals surface area contributed by atoms with E-state index < -0.39 is 0 Å². The summed E-state index contributed by atoms with van der Waals surface area (Å²) in [4.78, 5) is 11.1. The molecule has 0 amide bonds. The van der Waals surface area contributed by atoms with Gasteiger partial charge in [0, 0.05) is 31.1 Å². The summed E-state index contributed by atoms with van der Waals surface area (Å²) < 4.78 is 7.96. The number of ether oxygens (including phenoxy) is 1. The Morgan fingerprint density at radius 3 is 1.81 bits per heavy atom. The lowest BCUT2D eigenvalue weighted by molar-refractivity contribution is 0.304. The van der Waals surface area contributed by atoms with Crippen LogP contribution in [0, 0.1) is 11.3 Å². The summed E-state index contributed by atoms with van der Waals surface area (Å²) in [6, 6.07) is 21.2. The standard InChI is InChI=1S/C28H32N2O2/c29-23-24-9-11-25(12-10-24)26-13-15-28(16-14-26)32-22-8-6-4-2-1-3-5-7-19-30-20-17-27(31)18-21-30/h9-18,20-21H,1-8,19,22H2. The third kappa shape index (κ3) is 8.07. The van der Waals surface area contributed by atoms with Crippen molar-refractivity contribution in [1.29, 1.82) is 5.26 Å². The monoisotopic (exact) mass is 428 g/mol. The third-order valence-electron chi connectivity index (χ3n) is 5.64. The summed E-state index contributed by atoms with van der Waals surface area (Å²) in [5.41, 5.74) is 2.98. The molecule has 1 aromatic heterocycles. The van der Waals surface area contributed by atoms with Gasteiger partial charge in [0.25, 0.3) is 0 Å². The topological polar surface area (TPSA) is 55.0 Å². The Hall–Kier alpha value is -3.32. The van der Waals surface area contributed by atoms with Crippen LogP contribution in [-0.4, -0.2) is 11.2 Å². The molecule has 166 valence electrons. The summed E-state index contributed by atoms with van der Waals surface area (Å²) in [5, 5.41) is 8.90. The fourth-order valence-electron chi connectivity index (χ4n) is 3.72. The molecule has 0 radical (unpaired) electrons. The summed E-state index contributed by atoms with van der Waals surface area (Å²) in [5.74, 6) is 0.908. The molecular weight excluding hydrogens is 396 g/mol. The molecular formula is C28H32N2O2. The van der Waals surface area contributed by atoms with Crippen molar-refractivity contribution in [3.8, 4) is 22.9 Å². The minimum Gasteiger partial charge on any atom is -0.494 e. The van der Waals surface area contributed by atoms with Crippen LogP contribution < -0.4 is 10.2 Å². The highest BCUT2D eigenvalue weighted by Crippen LogP contribution is 2.23. The molecule has 32 heavy (non-hydrogen) atoms. The molecule has 0 atom stereocenters. The Morgan fingerprint density at radius 2 is 1.22 bits per heavy atom. The molecule has 4 nitrogen and oxygen atoms in total.